The minimum atomic E-state index is -0.156. The number of hydrogen-bond acceptors (Lipinski definition) is 7. The summed E-state index contributed by atoms with van der Waals surface area (Å²) in [4.78, 5) is 15.0. The second-order valence-electron chi connectivity index (χ2n) is 8.99. The lowest BCUT2D eigenvalue weighted by Crippen LogP contribution is -2.38. The van der Waals surface area contributed by atoms with Gasteiger partial charge in [0.2, 0.25) is 11.8 Å². The third-order valence-electron chi connectivity index (χ3n) is 6.25. The summed E-state index contributed by atoms with van der Waals surface area (Å²) in [5.74, 6) is 1.52. The van der Waals surface area contributed by atoms with Gasteiger partial charge in [0.05, 0.1) is 13.2 Å². The smallest absolute Gasteiger partial charge is 0.251 e. The predicted molar refractivity (Wildman–Crippen MR) is 140 cm³/mol. The maximum absolute atomic E-state index is 12.7. The van der Waals surface area contributed by atoms with Gasteiger partial charge in [-0.3, -0.25) is 9.69 Å². The zero-order valence-electron chi connectivity index (χ0n) is 20.9. The average Bonchev–Trinajstić information content (AvgIpc) is 3.43. The van der Waals surface area contributed by atoms with Crippen molar-refractivity contribution in [1.82, 2.24) is 20.4 Å². The Morgan fingerprint density at radius 1 is 0.946 bits per heavy atom. The van der Waals surface area contributed by atoms with Crippen LogP contribution in [0.15, 0.2) is 77.2 Å². The van der Waals surface area contributed by atoms with E-state index in [2.05, 4.69) is 20.4 Å². The molecule has 0 atom stereocenters. The predicted octanol–water partition coefficient (Wildman–Crippen LogP) is 4.35. The summed E-state index contributed by atoms with van der Waals surface area (Å²) in [6, 6.07) is 22.8. The largest absolute Gasteiger partial charge is 0.492 e. The first-order chi connectivity index (χ1) is 18.1. The van der Waals surface area contributed by atoms with Gasteiger partial charge < -0.3 is 19.2 Å². The van der Waals surface area contributed by atoms with E-state index in [1.54, 1.807) is 12.1 Å². The monoisotopic (exact) mass is 498 g/mol. The van der Waals surface area contributed by atoms with Crippen LogP contribution < -0.4 is 10.1 Å². The highest BCUT2D eigenvalue weighted by atomic mass is 16.5. The Balaban J connectivity index is 1.13. The van der Waals surface area contributed by atoms with Gasteiger partial charge in [0.15, 0.2) is 0 Å². The molecule has 0 aliphatic carbocycles. The zero-order chi connectivity index (χ0) is 25.5. The van der Waals surface area contributed by atoms with Crippen molar-refractivity contribution in [2.24, 2.45) is 0 Å². The molecule has 5 rings (SSSR count). The summed E-state index contributed by atoms with van der Waals surface area (Å²) >= 11 is 0. The standard InChI is InChI=1S/C29H30N4O4/c1-21-5-7-24(8-6-21)28-31-32-29(37-28)25-11-9-23(10-12-25)27(34)30-20-22-3-2-4-26(19-22)36-18-15-33-13-16-35-17-14-33/h2-12,19H,13-18,20H2,1H3,(H,30,34). The van der Waals surface area contributed by atoms with Crippen LogP contribution in [0.1, 0.15) is 21.5 Å². The number of nitrogens with zero attached hydrogens (tertiary/aromatic N) is 3. The quantitative estimate of drug-likeness (QED) is 0.367. The molecule has 4 aromatic rings. The van der Waals surface area contributed by atoms with Crippen LogP contribution in [0.5, 0.6) is 5.75 Å². The van der Waals surface area contributed by atoms with Crippen molar-refractivity contribution in [3.63, 3.8) is 0 Å². The lowest BCUT2D eigenvalue weighted by Gasteiger charge is -2.26. The molecule has 1 aliphatic heterocycles. The molecule has 1 fully saturated rings. The van der Waals surface area contributed by atoms with Gasteiger partial charge in [-0.25, -0.2) is 0 Å². The molecule has 0 unspecified atom stereocenters. The molecular weight excluding hydrogens is 468 g/mol. The van der Waals surface area contributed by atoms with Crippen LogP contribution in [0, 0.1) is 6.92 Å². The lowest BCUT2D eigenvalue weighted by atomic mass is 10.1. The molecule has 1 amide bonds. The van der Waals surface area contributed by atoms with Crippen LogP contribution in [-0.4, -0.2) is 60.5 Å². The molecule has 1 saturated heterocycles. The molecule has 2 heterocycles. The highest BCUT2D eigenvalue weighted by molar-refractivity contribution is 5.94. The van der Waals surface area contributed by atoms with Crippen molar-refractivity contribution < 1.29 is 18.7 Å². The van der Waals surface area contributed by atoms with Crippen LogP contribution >= 0.6 is 0 Å². The van der Waals surface area contributed by atoms with Gasteiger partial charge in [-0.05, 0) is 61.0 Å². The SMILES string of the molecule is Cc1ccc(-c2nnc(-c3ccc(C(=O)NCc4cccc(OCCN5CCOCC5)c4)cc3)o2)cc1. The van der Waals surface area contributed by atoms with Gasteiger partial charge in [0, 0.05) is 42.9 Å². The minimum absolute atomic E-state index is 0.156. The Morgan fingerprint density at radius 3 is 2.32 bits per heavy atom. The average molecular weight is 499 g/mol. The van der Waals surface area contributed by atoms with Crippen LogP contribution in [-0.2, 0) is 11.3 Å². The number of rotatable bonds is 9. The van der Waals surface area contributed by atoms with E-state index in [9.17, 15) is 4.79 Å². The van der Waals surface area contributed by atoms with E-state index in [-0.39, 0.29) is 5.91 Å². The first-order valence-corrected chi connectivity index (χ1v) is 12.4. The summed E-state index contributed by atoms with van der Waals surface area (Å²) in [5, 5.41) is 11.3. The molecule has 190 valence electrons. The normalized spacial score (nSPS) is 13.9. The number of carbonyl (C=O) groups excluding carboxylic acids is 1. The van der Waals surface area contributed by atoms with Gasteiger partial charge in [0.25, 0.3) is 5.91 Å². The van der Waals surface area contributed by atoms with Crippen LogP contribution in [0.3, 0.4) is 0 Å². The number of morpholine rings is 1. The molecule has 0 spiro atoms. The van der Waals surface area contributed by atoms with Gasteiger partial charge in [-0.1, -0.05) is 29.8 Å². The van der Waals surface area contributed by atoms with E-state index in [4.69, 9.17) is 13.9 Å². The highest BCUT2D eigenvalue weighted by Crippen LogP contribution is 2.24. The molecule has 1 N–H and O–H groups in total. The van der Waals surface area contributed by atoms with E-state index < -0.39 is 0 Å². The summed E-state index contributed by atoms with van der Waals surface area (Å²) < 4.78 is 17.1. The number of aryl methyl sites for hydroxylation is 1. The van der Waals surface area contributed by atoms with E-state index >= 15 is 0 Å². The number of amides is 1. The second-order valence-corrected chi connectivity index (χ2v) is 8.99. The molecule has 1 aliphatic rings. The van der Waals surface area contributed by atoms with Gasteiger partial charge in [-0.15, -0.1) is 10.2 Å². The van der Waals surface area contributed by atoms with Crippen molar-refractivity contribution >= 4 is 5.91 Å². The molecule has 37 heavy (non-hydrogen) atoms. The Bertz CT molecular complexity index is 1310. The molecule has 0 radical (unpaired) electrons. The van der Waals surface area contributed by atoms with Gasteiger partial charge >= 0.3 is 0 Å². The number of aromatic nitrogens is 2. The van der Waals surface area contributed by atoms with Crippen molar-refractivity contribution in [1.29, 1.82) is 0 Å². The Kier molecular flexibility index (Phi) is 7.88. The van der Waals surface area contributed by atoms with E-state index in [0.29, 0.717) is 30.5 Å². The van der Waals surface area contributed by atoms with Gasteiger partial charge in [0.1, 0.15) is 12.4 Å². The fraction of sp³-hybridized carbons (Fsp3) is 0.276. The van der Waals surface area contributed by atoms with Crippen molar-refractivity contribution in [2.45, 2.75) is 13.5 Å². The molecular formula is C29H30N4O4. The van der Waals surface area contributed by atoms with Crippen molar-refractivity contribution in [2.75, 3.05) is 39.5 Å². The Morgan fingerprint density at radius 2 is 1.62 bits per heavy atom. The minimum Gasteiger partial charge on any atom is -0.492 e. The number of benzene rings is 3. The zero-order valence-corrected chi connectivity index (χ0v) is 20.9. The van der Waals surface area contributed by atoms with Crippen molar-refractivity contribution in [3.05, 3.63) is 89.5 Å². The number of nitrogens with one attached hydrogen (secondary N) is 1. The Hall–Kier alpha value is -4.01. The molecule has 0 bridgehead atoms. The summed E-state index contributed by atoms with van der Waals surface area (Å²) in [7, 11) is 0. The number of carbonyl (C=O) groups is 1. The van der Waals surface area contributed by atoms with Crippen molar-refractivity contribution in [3.8, 4) is 28.7 Å². The number of ether oxygens (including phenoxy) is 2. The van der Waals surface area contributed by atoms with Gasteiger partial charge in [-0.2, -0.15) is 0 Å². The topological polar surface area (TPSA) is 89.7 Å². The fourth-order valence-electron chi connectivity index (χ4n) is 4.06. The third kappa shape index (κ3) is 6.61. The first kappa shape index (κ1) is 24.7. The Labute approximate surface area is 216 Å². The second kappa shape index (κ2) is 11.8. The van der Waals surface area contributed by atoms with E-state index in [0.717, 1.165) is 60.9 Å². The molecule has 3 aromatic carbocycles. The molecule has 8 nitrogen and oxygen atoms in total. The highest BCUT2D eigenvalue weighted by Gasteiger charge is 2.13. The molecule has 0 saturated carbocycles. The van der Waals surface area contributed by atoms with Crippen LogP contribution in [0.4, 0.5) is 0 Å². The maximum atomic E-state index is 12.7. The maximum Gasteiger partial charge on any atom is 0.251 e. The summed E-state index contributed by atoms with van der Waals surface area (Å²) in [5.41, 5.74) is 4.32. The number of hydrogen-bond donors (Lipinski definition) is 1. The van der Waals surface area contributed by atoms with Crippen LogP contribution in [0.25, 0.3) is 22.9 Å². The summed E-state index contributed by atoms with van der Waals surface area (Å²) in [6.45, 7) is 7.38. The molecule has 1 aromatic heterocycles. The van der Waals surface area contributed by atoms with E-state index in [1.807, 2.05) is 67.6 Å². The molecule has 8 heteroatoms. The van der Waals surface area contributed by atoms with E-state index in [1.165, 1.54) is 0 Å². The lowest BCUT2D eigenvalue weighted by molar-refractivity contribution is 0.0322. The first-order valence-electron chi connectivity index (χ1n) is 12.4. The fourth-order valence-corrected chi connectivity index (χ4v) is 4.06. The summed E-state index contributed by atoms with van der Waals surface area (Å²) in [6.07, 6.45) is 0. The third-order valence-corrected chi connectivity index (χ3v) is 6.25. The van der Waals surface area contributed by atoms with Crippen LogP contribution in [0.2, 0.25) is 0 Å².